The molecule has 0 radical (unpaired) electrons. The maximum absolute atomic E-state index is 12.2. The van der Waals surface area contributed by atoms with Crippen molar-refractivity contribution in [3.63, 3.8) is 0 Å². The van der Waals surface area contributed by atoms with Crippen LogP contribution in [0.25, 0.3) is 0 Å². The monoisotopic (exact) mass is 219 g/mol. The minimum absolute atomic E-state index is 0.153. The standard InChI is InChI=1S/C12H17N3O/c1-8-11(5-13-14-8)12(16)15-6-9-3-2-4-10(9)7-15/h5,9-10H,2-4,6-7H2,1H3,(H,13,14). The second-order valence-electron chi connectivity index (χ2n) is 5.07. The fourth-order valence-corrected chi connectivity index (χ4v) is 3.14. The van der Waals surface area contributed by atoms with Crippen molar-refractivity contribution in [2.45, 2.75) is 26.2 Å². The lowest BCUT2D eigenvalue weighted by molar-refractivity contribution is 0.0780. The molecule has 1 aromatic rings. The van der Waals surface area contributed by atoms with Crippen LogP contribution < -0.4 is 0 Å². The van der Waals surface area contributed by atoms with Crippen LogP contribution in [0.4, 0.5) is 0 Å². The van der Waals surface area contributed by atoms with Gasteiger partial charge in [-0.2, -0.15) is 5.10 Å². The summed E-state index contributed by atoms with van der Waals surface area (Å²) < 4.78 is 0. The van der Waals surface area contributed by atoms with Gasteiger partial charge in [0.2, 0.25) is 0 Å². The number of hydrogen-bond acceptors (Lipinski definition) is 2. The number of fused-ring (bicyclic) bond motifs is 1. The summed E-state index contributed by atoms with van der Waals surface area (Å²) in [5.41, 5.74) is 1.61. The normalized spacial score (nSPS) is 28.4. The molecule has 1 aromatic heterocycles. The third kappa shape index (κ3) is 1.44. The first kappa shape index (κ1) is 9.87. The number of carbonyl (C=O) groups excluding carboxylic acids is 1. The molecule has 0 spiro atoms. The van der Waals surface area contributed by atoms with E-state index in [1.807, 2.05) is 11.8 Å². The van der Waals surface area contributed by atoms with Gasteiger partial charge in [0, 0.05) is 18.8 Å². The molecule has 1 saturated heterocycles. The van der Waals surface area contributed by atoms with E-state index < -0.39 is 0 Å². The summed E-state index contributed by atoms with van der Waals surface area (Å²) in [5.74, 6) is 1.67. The molecule has 1 N–H and O–H groups in total. The molecule has 2 heterocycles. The van der Waals surface area contributed by atoms with Crippen LogP contribution in [0.5, 0.6) is 0 Å². The van der Waals surface area contributed by atoms with E-state index in [4.69, 9.17) is 0 Å². The van der Waals surface area contributed by atoms with Gasteiger partial charge in [0.15, 0.2) is 0 Å². The van der Waals surface area contributed by atoms with Crippen LogP contribution in [-0.2, 0) is 0 Å². The van der Waals surface area contributed by atoms with Gasteiger partial charge in [-0.25, -0.2) is 0 Å². The topological polar surface area (TPSA) is 49.0 Å². The van der Waals surface area contributed by atoms with Crippen molar-refractivity contribution in [3.8, 4) is 0 Å². The van der Waals surface area contributed by atoms with Gasteiger partial charge in [0.05, 0.1) is 11.8 Å². The number of rotatable bonds is 1. The minimum atomic E-state index is 0.153. The van der Waals surface area contributed by atoms with Crippen molar-refractivity contribution in [2.75, 3.05) is 13.1 Å². The summed E-state index contributed by atoms with van der Waals surface area (Å²) in [6.07, 6.45) is 5.60. The van der Waals surface area contributed by atoms with Crippen molar-refractivity contribution in [1.82, 2.24) is 15.1 Å². The fraction of sp³-hybridized carbons (Fsp3) is 0.667. The third-order valence-corrected chi connectivity index (χ3v) is 4.07. The molecular weight excluding hydrogens is 202 g/mol. The van der Waals surface area contributed by atoms with E-state index in [0.717, 1.165) is 36.2 Å². The molecule has 2 fully saturated rings. The fourth-order valence-electron chi connectivity index (χ4n) is 3.14. The SMILES string of the molecule is Cc1[nH]ncc1C(=O)N1CC2CCCC2C1. The highest BCUT2D eigenvalue weighted by Gasteiger charge is 2.38. The van der Waals surface area contributed by atoms with Crippen molar-refractivity contribution >= 4 is 5.91 Å². The van der Waals surface area contributed by atoms with Crippen LogP contribution in [0, 0.1) is 18.8 Å². The van der Waals surface area contributed by atoms with E-state index in [-0.39, 0.29) is 5.91 Å². The predicted octanol–water partition coefficient (Wildman–Crippen LogP) is 1.59. The second-order valence-corrected chi connectivity index (χ2v) is 5.07. The lowest BCUT2D eigenvalue weighted by atomic mass is 10.0. The zero-order chi connectivity index (χ0) is 11.1. The first-order valence-corrected chi connectivity index (χ1v) is 6.05. The molecule has 4 heteroatoms. The van der Waals surface area contributed by atoms with E-state index >= 15 is 0 Å². The highest BCUT2D eigenvalue weighted by Crippen LogP contribution is 2.38. The molecule has 1 saturated carbocycles. The summed E-state index contributed by atoms with van der Waals surface area (Å²) in [5, 5.41) is 6.74. The Labute approximate surface area is 95.0 Å². The molecule has 1 aliphatic carbocycles. The Hall–Kier alpha value is -1.32. The van der Waals surface area contributed by atoms with Gasteiger partial charge in [0.1, 0.15) is 0 Å². The van der Waals surface area contributed by atoms with Crippen molar-refractivity contribution in [3.05, 3.63) is 17.5 Å². The molecule has 2 aliphatic rings. The Bertz CT molecular complexity index is 400. The Morgan fingerprint density at radius 2 is 2.12 bits per heavy atom. The Morgan fingerprint density at radius 3 is 2.69 bits per heavy atom. The van der Waals surface area contributed by atoms with Gasteiger partial charge in [-0.05, 0) is 31.6 Å². The number of carbonyl (C=O) groups is 1. The number of aryl methyl sites for hydroxylation is 1. The summed E-state index contributed by atoms with van der Waals surface area (Å²) in [4.78, 5) is 14.2. The lowest BCUT2D eigenvalue weighted by Gasteiger charge is -2.16. The maximum atomic E-state index is 12.2. The number of likely N-dealkylation sites (tertiary alicyclic amines) is 1. The molecular formula is C12H17N3O. The number of nitrogens with zero attached hydrogens (tertiary/aromatic N) is 2. The van der Waals surface area contributed by atoms with Crippen LogP contribution in [0.1, 0.15) is 35.3 Å². The minimum Gasteiger partial charge on any atom is -0.338 e. The predicted molar refractivity (Wildman–Crippen MR) is 60.1 cm³/mol. The molecule has 0 aromatic carbocycles. The average molecular weight is 219 g/mol. The van der Waals surface area contributed by atoms with Crippen LogP contribution in [0.15, 0.2) is 6.20 Å². The number of hydrogen-bond donors (Lipinski definition) is 1. The molecule has 86 valence electrons. The molecule has 1 aliphatic heterocycles. The Morgan fingerprint density at radius 1 is 1.44 bits per heavy atom. The third-order valence-electron chi connectivity index (χ3n) is 4.07. The van der Waals surface area contributed by atoms with Crippen LogP contribution in [0.3, 0.4) is 0 Å². The van der Waals surface area contributed by atoms with Gasteiger partial charge in [-0.15, -0.1) is 0 Å². The smallest absolute Gasteiger partial charge is 0.257 e. The van der Waals surface area contributed by atoms with E-state index in [9.17, 15) is 4.79 Å². The molecule has 4 nitrogen and oxygen atoms in total. The number of nitrogens with one attached hydrogen (secondary N) is 1. The second kappa shape index (κ2) is 3.61. The highest BCUT2D eigenvalue weighted by molar-refractivity contribution is 5.95. The van der Waals surface area contributed by atoms with Crippen molar-refractivity contribution in [1.29, 1.82) is 0 Å². The van der Waals surface area contributed by atoms with E-state index in [2.05, 4.69) is 10.2 Å². The molecule has 1 amide bonds. The maximum Gasteiger partial charge on any atom is 0.257 e. The summed E-state index contributed by atoms with van der Waals surface area (Å²) in [6, 6.07) is 0. The number of aromatic nitrogens is 2. The van der Waals surface area contributed by atoms with Gasteiger partial charge >= 0.3 is 0 Å². The van der Waals surface area contributed by atoms with E-state index in [1.165, 1.54) is 19.3 Å². The molecule has 2 atom stereocenters. The van der Waals surface area contributed by atoms with Gasteiger partial charge in [-0.1, -0.05) is 6.42 Å². The summed E-state index contributed by atoms with van der Waals surface area (Å²) in [7, 11) is 0. The highest BCUT2D eigenvalue weighted by atomic mass is 16.2. The zero-order valence-electron chi connectivity index (χ0n) is 9.57. The van der Waals surface area contributed by atoms with Crippen molar-refractivity contribution in [2.24, 2.45) is 11.8 Å². The number of H-pyrrole nitrogens is 1. The lowest BCUT2D eigenvalue weighted by Crippen LogP contribution is -2.29. The molecule has 2 unspecified atom stereocenters. The van der Waals surface area contributed by atoms with Crippen LogP contribution in [0.2, 0.25) is 0 Å². The molecule has 3 rings (SSSR count). The zero-order valence-corrected chi connectivity index (χ0v) is 9.57. The first-order valence-electron chi connectivity index (χ1n) is 6.05. The molecule has 0 bridgehead atoms. The van der Waals surface area contributed by atoms with Crippen LogP contribution in [-0.4, -0.2) is 34.1 Å². The van der Waals surface area contributed by atoms with Gasteiger partial charge in [-0.3, -0.25) is 9.89 Å². The average Bonchev–Trinajstić information content (AvgIpc) is 2.89. The Kier molecular flexibility index (Phi) is 2.23. The quantitative estimate of drug-likeness (QED) is 0.779. The van der Waals surface area contributed by atoms with E-state index in [1.54, 1.807) is 6.20 Å². The van der Waals surface area contributed by atoms with Crippen LogP contribution >= 0.6 is 0 Å². The summed E-state index contributed by atoms with van der Waals surface area (Å²) >= 11 is 0. The first-order chi connectivity index (χ1) is 7.75. The van der Waals surface area contributed by atoms with E-state index in [0.29, 0.717) is 0 Å². The largest absolute Gasteiger partial charge is 0.338 e. The molecule has 16 heavy (non-hydrogen) atoms. The van der Waals surface area contributed by atoms with Gasteiger partial charge < -0.3 is 4.90 Å². The van der Waals surface area contributed by atoms with Gasteiger partial charge in [0.25, 0.3) is 5.91 Å². The Balaban J connectivity index is 1.75. The summed E-state index contributed by atoms with van der Waals surface area (Å²) in [6.45, 7) is 3.80. The van der Waals surface area contributed by atoms with Crippen molar-refractivity contribution < 1.29 is 4.79 Å². The number of amides is 1. The number of aromatic amines is 1.